The minimum Gasteiger partial charge on any atom is -0.479 e. The molecule has 0 fully saturated rings. The lowest BCUT2D eigenvalue weighted by Crippen LogP contribution is -2.34. The van der Waals surface area contributed by atoms with E-state index in [0.717, 1.165) is 19.3 Å². The fraction of sp³-hybridized carbons (Fsp3) is 0.909. The third kappa shape index (κ3) is 5.97. The molecule has 0 aliphatic carbocycles. The first-order valence-corrected chi connectivity index (χ1v) is 5.46. The second-order valence-electron chi connectivity index (χ2n) is 4.10. The average molecular weight is 202 g/mol. The second kappa shape index (κ2) is 6.82. The summed E-state index contributed by atoms with van der Waals surface area (Å²) in [5.41, 5.74) is -1.54. The van der Waals surface area contributed by atoms with Crippen LogP contribution < -0.4 is 0 Å². The molecule has 3 heteroatoms. The molecule has 0 unspecified atom stereocenters. The lowest BCUT2D eigenvalue weighted by molar-refractivity contribution is -0.157. The van der Waals surface area contributed by atoms with E-state index < -0.39 is 11.6 Å². The van der Waals surface area contributed by atoms with Crippen molar-refractivity contribution in [1.82, 2.24) is 0 Å². The second-order valence-corrected chi connectivity index (χ2v) is 4.10. The van der Waals surface area contributed by atoms with Crippen molar-refractivity contribution in [3.8, 4) is 0 Å². The van der Waals surface area contributed by atoms with Crippen LogP contribution in [-0.2, 0) is 4.79 Å². The average Bonchev–Trinajstić information content (AvgIpc) is 2.10. The number of aliphatic carboxylic acids is 1. The van der Waals surface area contributed by atoms with Crippen LogP contribution in [0, 0.1) is 0 Å². The van der Waals surface area contributed by atoms with Gasteiger partial charge in [0.2, 0.25) is 0 Å². The highest BCUT2D eigenvalue weighted by Crippen LogP contribution is 2.15. The van der Waals surface area contributed by atoms with Gasteiger partial charge >= 0.3 is 5.97 Å². The van der Waals surface area contributed by atoms with E-state index in [4.69, 9.17) is 5.11 Å². The van der Waals surface area contributed by atoms with E-state index in [1.54, 1.807) is 0 Å². The minimum absolute atomic E-state index is 0.356. The van der Waals surface area contributed by atoms with Gasteiger partial charge in [-0.15, -0.1) is 0 Å². The van der Waals surface area contributed by atoms with Gasteiger partial charge in [-0.3, -0.25) is 0 Å². The van der Waals surface area contributed by atoms with Gasteiger partial charge in [0, 0.05) is 0 Å². The van der Waals surface area contributed by atoms with Crippen molar-refractivity contribution < 1.29 is 15.0 Å². The van der Waals surface area contributed by atoms with Crippen molar-refractivity contribution in [3.05, 3.63) is 0 Å². The molecule has 0 saturated carbocycles. The Labute approximate surface area is 86.1 Å². The lowest BCUT2D eigenvalue weighted by Gasteiger charge is -2.17. The summed E-state index contributed by atoms with van der Waals surface area (Å²) < 4.78 is 0. The summed E-state index contributed by atoms with van der Waals surface area (Å²) in [6.07, 6.45) is 6.98. The molecule has 0 rings (SSSR count). The van der Waals surface area contributed by atoms with Gasteiger partial charge in [0.05, 0.1) is 0 Å². The predicted molar refractivity (Wildman–Crippen MR) is 56.3 cm³/mol. The SMILES string of the molecule is CCCCCCCC[C@@](C)(O)C(=O)O. The van der Waals surface area contributed by atoms with E-state index in [-0.39, 0.29) is 0 Å². The summed E-state index contributed by atoms with van der Waals surface area (Å²) in [6, 6.07) is 0. The molecule has 14 heavy (non-hydrogen) atoms. The molecule has 1 atom stereocenters. The zero-order valence-corrected chi connectivity index (χ0v) is 9.25. The van der Waals surface area contributed by atoms with Crippen LogP contribution in [0.4, 0.5) is 0 Å². The highest BCUT2D eigenvalue weighted by atomic mass is 16.4. The fourth-order valence-corrected chi connectivity index (χ4v) is 1.36. The number of unbranched alkanes of at least 4 members (excludes halogenated alkanes) is 5. The molecule has 0 aromatic rings. The molecular formula is C11H22O3. The Hall–Kier alpha value is -0.570. The predicted octanol–water partition coefficient (Wildman–Crippen LogP) is 2.57. The Morgan fingerprint density at radius 2 is 1.64 bits per heavy atom. The molecule has 3 nitrogen and oxygen atoms in total. The van der Waals surface area contributed by atoms with Gasteiger partial charge < -0.3 is 10.2 Å². The molecule has 2 N–H and O–H groups in total. The molecule has 0 amide bonds. The maximum Gasteiger partial charge on any atom is 0.335 e. The van der Waals surface area contributed by atoms with Crippen molar-refractivity contribution in [1.29, 1.82) is 0 Å². The minimum atomic E-state index is -1.54. The van der Waals surface area contributed by atoms with Crippen LogP contribution in [0.2, 0.25) is 0 Å². The van der Waals surface area contributed by atoms with Crippen molar-refractivity contribution in [3.63, 3.8) is 0 Å². The van der Waals surface area contributed by atoms with Crippen molar-refractivity contribution >= 4 is 5.97 Å². The molecule has 0 bridgehead atoms. The molecule has 84 valence electrons. The Balaban J connectivity index is 3.40. The van der Waals surface area contributed by atoms with Crippen LogP contribution in [-0.4, -0.2) is 21.8 Å². The number of aliphatic hydroxyl groups is 1. The smallest absolute Gasteiger partial charge is 0.335 e. The van der Waals surface area contributed by atoms with Crippen molar-refractivity contribution in [2.45, 2.75) is 64.4 Å². The number of carboxylic acids is 1. The maximum absolute atomic E-state index is 10.5. The summed E-state index contributed by atoms with van der Waals surface area (Å²) in [5, 5.41) is 18.0. The zero-order chi connectivity index (χ0) is 11.0. The van der Waals surface area contributed by atoms with E-state index in [2.05, 4.69) is 6.92 Å². The van der Waals surface area contributed by atoms with Gasteiger partial charge in [0.15, 0.2) is 5.60 Å². The molecule has 0 aliphatic rings. The fourth-order valence-electron chi connectivity index (χ4n) is 1.36. The van der Waals surface area contributed by atoms with E-state index in [0.29, 0.717) is 6.42 Å². The van der Waals surface area contributed by atoms with Crippen LogP contribution in [0.1, 0.15) is 58.8 Å². The number of hydrogen-bond acceptors (Lipinski definition) is 2. The lowest BCUT2D eigenvalue weighted by atomic mass is 9.98. The van der Waals surface area contributed by atoms with Gasteiger partial charge in [-0.25, -0.2) is 4.79 Å². The number of rotatable bonds is 8. The standard InChI is InChI=1S/C11H22O3/c1-3-4-5-6-7-8-9-11(2,14)10(12)13/h14H,3-9H2,1-2H3,(H,12,13)/t11-/m1/s1. The summed E-state index contributed by atoms with van der Waals surface area (Å²) in [5.74, 6) is -1.12. The van der Waals surface area contributed by atoms with Crippen LogP contribution in [0.25, 0.3) is 0 Å². The topological polar surface area (TPSA) is 57.5 Å². The Kier molecular flexibility index (Phi) is 6.54. The number of hydrogen-bond donors (Lipinski definition) is 2. The summed E-state index contributed by atoms with van der Waals surface area (Å²) in [4.78, 5) is 10.5. The van der Waals surface area contributed by atoms with Crippen molar-refractivity contribution in [2.75, 3.05) is 0 Å². The van der Waals surface area contributed by atoms with Crippen LogP contribution >= 0.6 is 0 Å². The Morgan fingerprint density at radius 1 is 1.14 bits per heavy atom. The molecule has 0 aliphatic heterocycles. The first-order chi connectivity index (χ1) is 6.50. The molecular weight excluding hydrogens is 180 g/mol. The molecule has 0 radical (unpaired) electrons. The van der Waals surface area contributed by atoms with Crippen LogP contribution in [0.15, 0.2) is 0 Å². The molecule has 0 spiro atoms. The van der Waals surface area contributed by atoms with Gasteiger partial charge in [0.1, 0.15) is 0 Å². The molecule has 0 aromatic carbocycles. The first-order valence-electron chi connectivity index (χ1n) is 5.46. The first kappa shape index (κ1) is 13.4. The Bertz CT molecular complexity index is 164. The van der Waals surface area contributed by atoms with E-state index >= 15 is 0 Å². The quantitative estimate of drug-likeness (QED) is 0.595. The largest absolute Gasteiger partial charge is 0.479 e. The number of carboxylic acid groups (broad SMARTS) is 1. The zero-order valence-electron chi connectivity index (χ0n) is 9.25. The van der Waals surface area contributed by atoms with Crippen LogP contribution in [0.3, 0.4) is 0 Å². The van der Waals surface area contributed by atoms with E-state index in [9.17, 15) is 9.90 Å². The number of carbonyl (C=O) groups is 1. The maximum atomic E-state index is 10.5. The highest BCUT2D eigenvalue weighted by molar-refractivity contribution is 5.76. The highest BCUT2D eigenvalue weighted by Gasteiger charge is 2.28. The normalized spacial score (nSPS) is 15.1. The molecule has 0 aromatic heterocycles. The monoisotopic (exact) mass is 202 g/mol. The summed E-state index contributed by atoms with van der Waals surface area (Å²) in [6.45, 7) is 3.52. The van der Waals surface area contributed by atoms with Gasteiger partial charge in [0.25, 0.3) is 0 Å². The molecule has 0 heterocycles. The third-order valence-electron chi connectivity index (χ3n) is 2.48. The van der Waals surface area contributed by atoms with E-state index in [1.807, 2.05) is 0 Å². The Morgan fingerprint density at radius 3 is 2.14 bits per heavy atom. The molecule has 0 saturated heterocycles. The third-order valence-corrected chi connectivity index (χ3v) is 2.48. The van der Waals surface area contributed by atoms with Gasteiger partial charge in [-0.1, -0.05) is 39.0 Å². The van der Waals surface area contributed by atoms with Crippen LogP contribution in [0.5, 0.6) is 0 Å². The van der Waals surface area contributed by atoms with Crippen molar-refractivity contribution in [2.24, 2.45) is 0 Å². The van der Waals surface area contributed by atoms with E-state index in [1.165, 1.54) is 26.2 Å². The summed E-state index contributed by atoms with van der Waals surface area (Å²) >= 11 is 0. The summed E-state index contributed by atoms with van der Waals surface area (Å²) in [7, 11) is 0. The van der Waals surface area contributed by atoms with Gasteiger partial charge in [-0.2, -0.15) is 0 Å². The van der Waals surface area contributed by atoms with Gasteiger partial charge in [-0.05, 0) is 19.8 Å².